The van der Waals surface area contributed by atoms with Crippen molar-refractivity contribution in [1.82, 2.24) is 10.2 Å². The number of allylic oxidation sites excluding steroid dienone is 4. The van der Waals surface area contributed by atoms with E-state index in [1.807, 2.05) is 6.08 Å². The van der Waals surface area contributed by atoms with E-state index in [1.165, 1.54) is 18.9 Å². The van der Waals surface area contributed by atoms with Gasteiger partial charge in [-0.3, -0.25) is 19.3 Å². The molecule has 2 amide bonds. The summed E-state index contributed by atoms with van der Waals surface area (Å²) in [6.07, 6.45) is 5.10. The number of nitrogens with two attached hydrogens (primary N) is 1. The van der Waals surface area contributed by atoms with Crippen LogP contribution in [0, 0.1) is 0 Å². The van der Waals surface area contributed by atoms with E-state index in [2.05, 4.69) is 10.1 Å². The summed E-state index contributed by atoms with van der Waals surface area (Å²) in [4.78, 5) is 37.2. The van der Waals surface area contributed by atoms with Gasteiger partial charge in [0.15, 0.2) is 0 Å². The zero-order chi connectivity index (χ0) is 19.1. The van der Waals surface area contributed by atoms with Crippen molar-refractivity contribution in [1.29, 1.82) is 0 Å². The highest BCUT2D eigenvalue weighted by Gasteiger charge is 2.26. The first-order valence-electron chi connectivity index (χ1n) is 8.15. The Balaban J connectivity index is 2.99. The molecule has 0 radical (unpaired) electrons. The van der Waals surface area contributed by atoms with Crippen molar-refractivity contribution in [3.63, 3.8) is 0 Å². The number of imide groups is 1. The van der Waals surface area contributed by atoms with Crippen molar-refractivity contribution in [2.45, 2.75) is 46.1 Å². The number of amides is 2. The topological polar surface area (TPSA) is 102 Å². The molecule has 0 heterocycles. The first-order chi connectivity index (χ1) is 11.7. The number of rotatable bonds is 6. The van der Waals surface area contributed by atoms with Gasteiger partial charge in [-0.15, -0.1) is 0 Å². The summed E-state index contributed by atoms with van der Waals surface area (Å²) in [7, 11) is 3.03. The summed E-state index contributed by atoms with van der Waals surface area (Å²) in [5, 5.41) is 2.92. The minimum atomic E-state index is -0.708. The SMILES string of the molecule is CN/C(C)=C(/C)C(=O)N(C(C)=O)C1=CC=C(C[C@H](N)C(=O)OC)CC1. The predicted octanol–water partition coefficient (Wildman–Crippen LogP) is 1.37. The Morgan fingerprint density at radius 1 is 1.24 bits per heavy atom. The van der Waals surface area contributed by atoms with Crippen molar-refractivity contribution in [2.75, 3.05) is 14.2 Å². The molecule has 0 saturated carbocycles. The largest absolute Gasteiger partial charge is 0.468 e. The Morgan fingerprint density at radius 2 is 1.88 bits per heavy atom. The van der Waals surface area contributed by atoms with Gasteiger partial charge in [-0.05, 0) is 39.2 Å². The normalized spacial score (nSPS) is 16.1. The molecule has 3 N–H and O–H groups in total. The van der Waals surface area contributed by atoms with Crippen LogP contribution >= 0.6 is 0 Å². The third-order valence-electron chi connectivity index (χ3n) is 4.26. The van der Waals surface area contributed by atoms with Gasteiger partial charge in [-0.1, -0.05) is 11.6 Å². The van der Waals surface area contributed by atoms with Crippen LogP contribution in [-0.4, -0.2) is 42.9 Å². The maximum absolute atomic E-state index is 12.6. The van der Waals surface area contributed by atoms with E-state index in [-0.39, 0.29) is 11.8 Å². The quantitative estimate of drug-likeness (QED) is 0.555. The second-order valence-corrected chi connectivity index (χ2v) is 5.98. The number of methoxy groups -OCH3 is 1. The zero-order valence-corrected chi connectivity index (χ0v) is 15.5. The van der Waals surface area contributed by atoms with Gasteiger partial charge >= 0.3 is 5.97 Å². The molecule has 1 rings (SSSR count). The lowest BCUT2D eigenvalue weighted by molar-refractivity contribution is -0.142. The maximum atomic E-state index is 12.6. The molecule has 0 unspecified atom stereocenters. The Morgan fingerprint density at radius 3 is 2.32 bits per heavy atom. The van der Waals surface area contributed by atoms with Crippen LogP contribution in [-0.2, 0) is 19.1 Å². The van der Waals surface area contributed by atoms with Crippen LogP contribution in [0.1, 0.15) is 40.0 Å². The van der Waals surface area contributed by atoms with Gasteiger partial charge in [0.25, 0.3) is 5.91 Å². The molecule has 0 aromatic heterocycles. The molecule has 1 atom stereocenters. The molecule has 0 fully saturated rings. The van der Waals surface area contributed by atoms with Crippen LogP contribution in [0.4, 0.5) is 0 Å². The molecular weight excluding hydrogens is 322 g/mol. The van der Waals surface area contributed by atoms with Gasteiger partial charge < -0.3 is 15.8 Å². The minimum absolute atomic E-state index is 0.331. The molecule has 25 heavy (non-hydrogen) atoms. The van der Waals surface area contributed by atoms with E-state index in [9.17, 15) is 14.4 Å². The van der Waals surface area contributed by atoms with Crippen LogP contribution in [0.2, 0.25) is 0 Å². The lowest BCUT2D eigenvalue weighted by Crippen LogP contribution is -2.36. The molecule has 0 aromatic rings. The van der Waals surface area contributed by atoms with Crippen LogP contribution in [0.3, 0.4) is 0 Å². The van der Waals surface area contributed by atoms with Crippen molar-refractivity contribution in [3.05, 3.63) is 34.7 Å². The average Bonchev–Trinajstić information content (AvgIpc) is 2.60. The second-order valence-electron chi connectivity index (χ2n) is 5.98. The van der Waals surface area contributed by atoms with Crippen molar-refractivity contribution in [3.8, 4) is 0 Å². The van der Waals surface area contributed by atoms with E-state index in [4.69, 9.17) is 5.73 Å². The Bertz CT molecular complexity index is 647. The van der Waals surface area contributed by atoms with E-state index >= 15 is 0 Å². The highest BCUT2D eigenvalue weighted by molar-refractivity contribution is 6.05. The van der Waals surface area contributed by atoms with Crippen molar-refractivity contribution >= 4 is 17.8 Å². The second kappa shape index (κ2) is 9.17. The number of carbonyl (C=O) groups is 3. The minimum Gasteiger partial charge on any atom is -0.468 e. The molecule has 1 aliphatic carbocycles. The van der Waals surface area contributed by atoms with Gasteiger partial charge in [0, 0.05) is 30.9 Å². The van der Waals surface area contributed by atoms with E-state index in [0.29, 0.717) is 36.2 Å². The van der Waals surface area contributed by atoms with E-state index in [0.717, 1.165) is 5.57 Å². The maximum Gasteiger partial charge on any atom is 0.322 e. The molecule has 7 heteroatoms. The first kappa shape index (κ1) is 20.6. The Hall–Kier alpha value is -2.41. The number of nitrogens with one attached hydrogen (secondary N) is 1. The predicted molar refractivity (Wildman–Crippen MR) is 95.0 cm³/mol. The fourth-order valence-corrected chi connectivity index (χ4v) is 2.53. The fourth-order valence-electron chi connectivity index (χ4n) is 2.53. The van der Waals surface area contributed by atoms with Crippen molar-refractivity contribution < 1.29 is 19.1 Å². The van der Waals surface area contributed by atoms with Gasteiger partial charge in [0.2, 0.25) is 5.91 Å². The number of nitrogens with zero attached hydrogens (tertiary/aromatic N) is 1. The average molecular weight is 349 g/mol. The Labute approximate surface area is 148 Å². The molecule has 0 bridgehead atoms. The molecular formula is C18H27N3O4. The van der Waals surface area contributed by atoms with Crippen LogP contribution in [0.25, 0.3) is 0 Å². The van der Waals surface area contributed by atoms with Crippen LogP contribution < -0.4 is 11.1 Å². The summed E-state index contributed by atoms with van der Waals surface area (Å²) in [5.41, 5.74) is 8.59. The van der Waals surface area contributed by atoms with Crippen molar-refractivity contribution in [2.24, 2.45) is 5.73 Å². The third kappa shape index (κ3) is 5.29. The lowest BCUT2D eigenvalue weighted by Gasteiger charge is -2.26. The first-order valence-corrected chi connectivity index (χ1v) is 8.15. The number of hydrogen-bond acceptors (Lipinski definition) is 6. The molecule has 0 spiro atoms. The monoisotopic (exact) mass is 349 g/mol. The lowest BCUT2D eigenvalue weighted by atomic mass is 9.96. The molecule has 0 aromatic carbocycles. The number of carbonyl (C=O) groups excluding carboxylic acids is 3. The highest BCUT2D eigenvalue weighted by Crippen LogP contribution is 2.25. The van der Waals surface area contributed by atoms with Crippen LogP contribution in [0.5, 0.6) is 0 Å². The number of ether oxygens (including phenoxy) is 1. The summed E-state index contributed by atoms with van der Waals surface area (Å²) in [6.45, 7) is 4.84. The van der Waals surface area contributed by atoms with E-state index < -0.39 is 12.0 Å². The van der Waals surface area contributed by atoms with Crippen LogP contribution in [0.15, 0.2) is 34.7 Å². The third-order valence-corrected chi connectivity index (χ3v) is 4.26. The number of hydrogen-bond donors (Lipinski definition) is 2. The summed E-state index contributed by atoms with van der Waals surface area (Å²) >= 11 is 0. The van der Waals surface area contributed by atoms with Gasteiger partial charge in [0.05, 0.1) is 7.11 Å². The van der Waals surface area contributed by atoms with E-state index in [1.54, 1.807) is 27.0 Å². The molecule has 0 aliphatic heterocycles. The zero-order valence-electron chi connectivity index (χ0n) is 15.5. The molecule has 1 aliphatic rings. The van der Waals surface area contributed by atoms with Gasteiger partial charge in [-0.25, -0.2) is 0 Å². The van der Waals surface area contributed by atoms with Gasteiger partial charge in [0.1, 0.15) is 6.04 Å². The Kier molecular flexibility index (Phi) is 7.57. The fraction of sp³-hybridized carbons (Fsp3) is 0.500. The standard InChI is InChI=1S/C18H27N3O4/c1-11(12(2)20-4)17(23)21(13(3)22)15-8-6-14(7-9-15)10-16(19)18(24)25-5/h6,8,16,20H,7,9-10,19H2,1-5H3/b12-11-/t16-/m0/s1. The summed E-state index contributed by atoms with van der Waals surface area (Å²) in [6, 6.07) is -0.708. The number of esters is 1. The smallest absolute Gasteiger partial charge is 0.322 e. The molecule has 138 valence electrons. The van der Waals surface area contributed by atoms with Gasteiger partial charge in [-0.2, -0.15) is 0 Å². The summed E-state index contributed by atoms with van der Waals surface area (Å²) < 4.78 is 4.62. The summed E-state index contributed by atoms with van der Waals surface area (Å²) in [5.74, 6) is -1.13. The molecule has 7 nitrogen and oxygen atoms in total. The highest BCUT2D eigenvalue weighted by atomic mass is 16.5. The molecule has 0 saturated heterocycles.